The van der Waals surface area contributed by atoms with Gasteiger partial charge in [-0.3, -0.25) is 4.98 Å². The van der Waals surface area contributed by atoms with Crippen molar-refractivity contribution in [2.45, 2.75) is 12.5 Å². The maximum atomic E-state index is 11.8. The third kappa shape index (κ3) is 2.45. The smallest absolute Gasteiger partial charge is 0.338 e. The lowest BCUT2D eigenvalue weighted by atomic mass is 9.98. The quantitative estimate of drug-likeness (QED) is 0.878. The van der Waals surface area contributed by atoms with Gasteiger partial charge < -0.3 is 9.84 Å². The molecule has 21 heavy (non-hydrogen) atoms. The van der Waals surface area contributed by atoms with Crippen molar-refractivity contribution in [3.63, 3.8) is 0 Å². The first-order valence-electron chi connectivity index (χ1n) is 6.70. The summed E-state index contributed by atoms with van der Waals surface area (Å²) in [5.74, 6) is -0.377. The number of esters is 1. The van der Waals surface area contributed by atoms with E-state index in [2.05, 4.69) is 4.98 Å². The van der Waals surface area contributed by atoms with Crippen LogP contribution in [0.3, 0.4) is 0 Å². The number of nitrogens with zero attached hydrogens (tertiary/aromatic N) is 1. The first-order chi connectivity index (χ1) is 10.2. The number of aromatic nitrogens is 1. The third-order valence-electron chi connectivity index (χ3n) is 3.66. The lowest BCUT2D eigenvalue weighted by Crippen LogP contribution is -2.08. The average molecular weight is 281 g/mol. The fourth-order valence-corrected chi connectivity index (χ4v) is 2.58. The zero-order valence-electron chi connectivity index (χ0n) is 11.6. The standard InChI is InChI=1S/C17H15NO3/c1-21-17(20)13-7-8-18-15-10-12(9-14(13)15)16(19)11-5-3-2-4-6-11/h2-8,10,16,19H,9H2,1H3. The van der Waals surface area contributed by atoms with E-state index < -0.39 is 6.10 Å². The van der Waals surface area contributed by atoms with Crippen LogP contribution in [0.1, 0.15) is 33.3 Å². The molecule has 3 rings (SSSR count). The van der Waals surface area contributed by atoms with Crippen LogP contribution in [-0.4, -0.2) is 23.2 Å². The number of carbonyl (C=O) groups excluding carboxylic acids is 1. The minimum atomic E-state index is -0.689. The highest BCUT2D eigenvalue weighted by atomic mass is 16.5. The average Bonchev–Trinajstić information content (AvgIpc) is 2.98. The molecule has 0 saturated heterocycles. The summed E-state index contributed by atoms with van der Waals surface area (Å²) in [7, 11) is 1.36. The maximum Gasteiger partial charge on any atom is 0.338 e. The Morgan fingerprint density at radius 1 is 1.29 bits per heavy atom. The van der Waals surface area contributed by atoms with E-state index in [-0.39, 0.29) is 5.97 Å². The number of ether oxygens (including phenoxy) is 1. The van der Waals surface area contributed by atoms with Gasteiger partial charge in [-0.25, -0.2) is 4.79 Å². The molecule has 0 bridgehead atoms. The number of pyridine rings is 1. The van der Waals surface area contributed by atoms with E-state index in [4.69, 9.17) is 4.74 Å². The van der Waals surface area contributed by atoms with Gasteiger partial charge in [-0.05, 0) is 35.3 Å². The molecule has 1 aromatic carbocycles. The van der Waals surface area contributed by atoms with E-state index in [9.17, 15) is 9.90 Å². The second-order valence-electron chi connectivity index (χ2n) is 4.92. The number of carbonyl (C=O) groups is 1. The summed E-state index contributed by atoms with van der Waals surface area (Å²) in [5.41, 5.74) is 3.71. The molecule has 4 heteroatoms. The minimum Gasteiger partial charge on any atom is -0.465 e. The molecule has 0 saturated carbocycles. The summed E-state index contributed by atoms with van der Waals surface area (Å²) in [6, 6.07) is 11.1. The number of aliphatic hydroxyl groups excluding tert-OH is 1. The second-order valence-corrected chi connectivity index (χ2v) is 4.92. The summed E-state index contributed by atoms with van der Waals surface area (Å²) in [4.78, 5) is 16.1. The highest BCUT2D eigenvalue weighted by Gasteiger charge is 2.25. The molecule has 1 atom stereocenters. The van der Waals surface area contributed by atoms with E-state index in [1.165, 1.54) is 7.11 Å². The Balaban J connectivity index is 1.92. The number of methoxy groups -OCH3 is 1. The van der Waals surface area contributed by atoms with Crippen molar-refractivity contribution in [1.29, 1.82) is 0 Å². The molecular formula is C17H15NO3. The van der Waals surface area contributed by atoms with Crippen molar-refractivity contribution >= 4 is 12.0 Å². The minimum absolute atomic E-state index is 0.377. The maximum absolute atomic E-state index is 11.8. The van der Waals surface area contributed by atoms with Crippen LogP contribution in [0.4, 0.5) is 0 Å². The van der Waals surface area contributed by atoms with Crippen molar-refractivity contribution in [2.24, 2.45) is 0 Å². The van der Waals surface area contributed by atoms with Crippen LogP contribution in [0.15, 0.2) is 48.2 Å². The van der Waals surface area contributed by atoms with Crippen LogP contribution in [0.5, 0.6) is 0 Å². The van der Waals surface area contributed by atoms with Crippen molar-refractivity contribution < 1.29 is 14.6 Å². The van der Waals surface area contributed by atoms with Gasteiger partial charge in [0.15, 0.2) is 0 Å². The molecule has 1 unspecified atom stereocenters. The lowest BCUT2D eigenvalue weighted by Gasteiger charge is -2.12. The zero-order chi connectivity index (χ0) is 14.8. The third-order valence-corrected chi connectivity index (χ3v) is 3.66. The van der Waals surface area contributed by atoms with Gasteiger partial charge >= 0.3 is 5.97 Å². The molecule has 2 aromatic rings. The van der Waals surface area contributed by atoms with Gasteiger partial charge in [0.05, 0.1) is 18.4 Å². The van der Waals surface area contributed by atoms with E-state index >= 15 is 0 Å². The largest absolute Gasteiger partial charge is 0.465 e. The molecule has 0 spiro atoms. The summed E-state index contributed by atoms with van der Waals surface area (Å²) in [6.45, 7) is 0. The number of fused-ring (bicyclic) bond motifs is 1. The highest BCUT2D eigenvalue weighted by molar-refractivity contribution is 5.92. The number of hydrogen-bond acceptors (Lipinski definition) is 4. The first-order valence-corrected chi connectivity index (χ1v) is 6.70. The molecule has 106 valence electrons. The van der Waals surface area contributed by atoms with E-state index in [1.807, 2.05) is 36.4 Å². The highest BCUT2D eigenvalue weighted by Crippen LogP contribution is 2.34. The molecule has 0 aliphatic heterocycles. The van der Waals surface area contributed by atoms with E-state index in [1.54, 1.807) is 12.3 Å². The van der Waals surface area contributed by atoms with Crippen LogP contribution in [-0.2, 0) is 11.2 Å². The summed E-state index contributed by atoms with van der Waals surface area (Å²) in [6.07, 6.45) is 3.24. The predicted molar refractivity (Wildman–Crippen MR) is 78.7 cm³/mol. The molecule has 0 fully saturated rings. The van der Waals surface area contributed by atoms with Crippen LogP contribution < -0.4 is 0 Å². The molecular weight excluding hydrogens is 266 g/mol. The Bertz CT molecular complexity index is 707. The first kappa shape index (κ1) is 13.5. The number of benzene rings is 1. The topological polar surface area (TPSA) is 59.4 Å². The molecule has 0 radical (unpaired) electrons. The van der Waals surface area contributed by atoms with Crippen molar-refractivity contribution in [3.05, 3.63) is 70.6 Å². The van der Waals surface area contributed by atoms with Crippen molar-refractivity contribution in [1.82, 2.24) is 4.98 Å². The van der Waals surface area contributed by atoms with Crippen molar-refractivity contribution in [2.75, 3.05) is 7.11 Å². The predicted octanol–water partition coefficient (Wildman–Crippen LogP) is 2.54. The van der Waals surface area contributed by atoms with E-state index in [0.717, 1.165) is 22.4 Å². The monoisotopic (exact) mass is 281 g/mol. The Morgan fingerprint density at radius 2 is 2.05 bits per heavy atom. The van der Waals surface area contributed by atoms with Gasteiger partial charge in [-0.1, -0.05) is 30.3 Å². The molecule has 4 nitrogen and oxygen atoms in total. The molecule has 0 amide bonds. The Labute approximate surface area is 122 Å². The number of aliphatic hydroxyl groups is 1. The van der Waals surface area contributed by atoms with Crippen LogP contribution in [0.25, 0.3) is 6.08 Å². The second kappa shape index (κ2) is 5.50. The van der Waals surface area contributed by atoms with Crippen LogP contribution >= 0.6 is 0 Å². The van der Waals surface area contributed by atoms with Gasteiger partial charge in [0, 0.05) is 6.20 Å². The number of rotatable bonds is 3. The molecule has 1 N–H and O–H groups in total. The Kier molecular flexibility index (Phi) is 3.54. The van der Waals surface area contributed by atoms with Gasteiger partial charge in [-0.2, -0.15) is 0 Å². The normalized spacial score (nSPS) is 14.3. The van der Waals surface area contributed by atoms with Crippen LogP contribution in [0.2, 0.25) is 0 Å². The summed E-state index contributed by atoms with van der Waals surface area (Å²) in [5, 5.41) is 10.5. The lowest BCUT2D eigenvalue weighted by molar-refractivity contribution is 0.0599. The summed E-state index contributed by atoms with van der Waals surface area (Å²) < 4.78 is 4.79. The summed E-state index contributed by atoms with van der Waals surface area (Å²) >= 11 is 0. The fourth-order valence-electron chi connectivity index (χ4n) is 2.58. The van der Waals surface area contributed by atoms with E-state index in [0.29, 0.717) is 12.0 Å². The molecule has 1 aromatic heterocycles. The molecule has 1 aliphatic rings. The SMILES string of the molecule is COC(=O)c1ccnc2c1CC(C(O)c1ccccc1)=C2. The Morgan fingerprint density at radius 3 is 2.76 bits per heavy atom. The van der Waals surface area contributed by atoms with Gasteiger partial charge in [0.25, 0.3) is 0 Å². The van der Waals surface area contributed by atoms with Gasteiger partial charge in [0.1, 0.15) is 6.10 Å². The Hall–Kier alpha value is -2.46. The fraction of sp³-hybridized carbons (Fsp3) is 0.176. The zero-order valence-corrected chi connectivity index (χ0v) is 11.6. The molecule has 1 heterocycles. The molecule has 1 aliphatic carbocycles. The van der Waals surface area contributed by atoms with Crippen molar-refractivity contribution in [3.8, 4) is 0 Å². The van der Waals surface area contributed by atoms with Gasteiger partial charge in [-0.15, -0.1) is 0 Å². The van der Waals surface area contributed by atoms with Crippen LogP contribution in [0, 0.1) is 0 Å². The van der Waals surface area contributed by atoms with Gasteiger partial charge in [0.2, 0.25) is 0 Å². The number of hydrogen-bond donors (Lipinski definition) is 1.